The van der Waals surface area contributed by atoms with Gasteiger partial charge in [-0.25, -0.2) is 0 Å². The van der Waals surface area contributed by atoms with Crippen LogP contribution in [0, 0.1) is 0 Å². The molecule has 0 saturated heterocycles. The van der Waals surface area contributed by atoms with E-state index >= 15 is 0 Å². The van der Waals surface area contributed by atoms with Crippen molar-refractivity contribution in [3.05, 3.63) is 0 Å². The van der Waals surface area contributed by atoms with E-state index in [0.29, 0.717) is 12.8 Å². The maximum Gasteiger partial charge on any atom is 0.303 e. The molecule has 2 radical (unpaired) electrons. The number of carboxylic acid groups (broad SMARTS) is 2. The molecule has 0 aromatic carbocycles. The number of rotatable bonds is 7. The molecular formula is C10H23BO8. The normalized spacial score (nSPS) is 8.26. The summed E-state index contributed by atoms with van der Waals surface area (Å²) in [5.74, 6) is -1.74. The van der Waals surface area contributed by atoms with Crippen LogP contribution in [-0.4, -0.2) is 70.1 Å². The fourth-order valence-electron chi connectivity index (χ4n) is 0.610. The Labute approximate surface area is 113 Å². The van der Waals surface area contributed by atoms with E-state index < -0.39 is 18.0 Å². The number of carbonyl (C=O) groups is 2. The van der Waals surface area contributed by atoms with E-state index in [1.807, 2.05) is 0 Å². The number of carboxylic acids is 2. The highest BCUT2D eigenvalue weighted by atomic mass is 16.4. The number of aliphatic hydroxyl groups is 3. The minimum atomic E-state index is -0.954. The van der Waals surface area contributed by atoms with Crippen molar-refractivity contribution < 1.29 is 40.6 Å². The molecule has 0 spiro atoms. The Hall–Kier alpha value is -1.16. The Morgan fingerprint density at radius 2 is 1.21 bits per heavy atom. The lowest BCUT2D eigenvalue weighted by Gasteiger charge is -1.96. The summed E-state index contributed by atoms with van der Waals surface area (Å²) in [6.07, 6.45) is 0.0640. The second-order valence-electron chi connectivity index (χ2n) is 3.01. The van der Waals surface area contributed by atoms with Crippen LogP contribution in [0.15, 0.2) is 0 Å². The zero-order valence-corrected chi connectivity index (χ0v) is 10.9. The Morgan fingerprint density at radius 3 is 1.32 bits per heavy atom. The maximum atomic E-state index is 9.90. The largest absolute Gasteiger partial charge is 0.481 e. The minimum absolute atomic E-state index is 0. The molecular weight excluding hydrogens is 259 g/mol. The van der Waals surface area contributed by atoms with Gasteiger partial charge in [0.05, 0.1) is 21.1 Å². The third kappa shape index (κ3) is 38.3. The molecule has 0 aliphatic rings. The van der Waals surface area contributed by atoms with Gasteiger partial charge in [-0.2, -0.15) is 0 Å². The molecule has 8 nitrogen and oxygen atoms in total. The molecule has 19 heavy (non-hydrogen) atoms. The van der Waals surface area contributed by atoms with Crippen LogP contribution in [0.2, 0.25) is 6.82 Å². The molecule has 9 heteroatoms. The average molecular weight is 282 g/mol. The first-order chi connectivity index (χ1) is 8.43. The van der Waals surface area contributed by atoms with Crippen LogP contribution < -0.4 is 0 Å². The van der Waals surface area contributed by atoms with Gasteiger partial charge in [-0.05, 0) is 12.8 Å². The summed E-state index contributed by atoms with van der Waals surface area (Å²) in [5.41, 5.74) is 0. The first-order valence-electron chi connectivity index (χ1n) is 5.35. The van der Waals surface area contributed by atoms with E-state index in [2.05, 4.69) is 7.85 Å². The third-order valence-corrected chi connectivity index (χ3v) is 1.45. The number of aliphatic hydroxyl groups excluding tert-OH is 3. The van der Waals surface area contributed by atoms with Crippen LogP contribution >= 0.6 is 0 Å². The molecule has 0 aliphatic carbocycles. The molecule has 0 aliphatic heterocycles. The van der Waals surface area contributed by atoms with E-state index in [1.54, 1.807) is 0 Å². The molecule has 0 rings (SSSR count). The van der Waals surface area contributed by atoms with Gasteiger partial charge < -0.3 is 31.0 Å². The molecule has 0 aromatic rings. The van der Waals surface area contributed by atoms with E-state index in [4.69, 9.17) is 25.5 Å². The summed E-state index contributed by atoms with van der Waals surface area (Å²) in [4.78, 5) is 19.8. The van der Waals surface area contributed by atoms with Crippen molar-refractivity contribution >= 4 is 19.8 Å². The van der Waals surface area contributed by atoms with Gasteiger partial charge in [0, 0.05) is 12.8 Å². The van der Waals surface area contributed by atoms with Gasteiger partial charge >= 0.3 is 11.9 Å². The van der Waals surface area contributed by atoms with Gasteiger partial charge in [0.1, 0.15) is 6.10 Å². The van der Waals surface area contributed by atoms with Crippen molar-refractivity contribution in [3.63, 3.8) is 0 Å². The molecule has 0 bridgehead atoms. The van der Waals surface area contributed by atoms with Crippen molar-refractivity contribution in [2.75, 3.05) is 13.2 Å². The maximum absolute atomic E-state index is 9.90. The van der Waals surface area contributed by atoms with Crippen molar-refractivity contribution in [3.8, 4) is 0 Å². The molecule has 0 saturated carbocycles. The van der Waals surface area contributed by atoms with Crippen molar-refractivity contribution in [2.45, 2.75) is 38.6 Å². The summed E-state index contributed by atoms with van der Waals surface area (Å²) in [7, 11) is 4.50. The van der Waals surface area contributed by atoms with Gasteiger partial charge in [0.25, 0.3) is 0 Å². The molecule has 0 atom stereocenters. The second kappa shape index (κ2) is 22.1. The van der Waals surface area contributed by atoms with Crippen molar-refractivity contribution in [1.29, 1.82) is 0 Å². The van der Waals surface area contributed by atoms with Crippen molar-refractivity contribution in [2.24, 2.45) is 0 Å². The highest BCUT2D eigenvalue weighted by Crippen LogP contribution is 1.98. The average Bonchev–Trinajstić information content (AvgIpc) is 2.36. The van der Waals surface area contributed by atoms with Gasteiger partial charge in [0.15, 0.2) is 0 Å². The molecule has 114 valence electrons. The number of unbranched alkanes of at least 4 members (excludes halogenated alkanes) is 1. The molecule has 0 aromatic heterocycles. The number of hydrogen-bond donors (Lipinski definition) is 5. The Morgan fingerprint density at radius 1 is 0.947 bits per heavy atom. The smallest absolute Gasteiger partial charge is 0.303 e. The lowest BCUT2D eigenvalue weighted by molar-refractivity contribution is -0.139. The fraction of sp³-hybridized carbons (Fsp3) is 0.800. The van der Waals surface area contributed by atoms with Crippen LogP contribution in [0.5, 0.6) is 0 Å². The number of aliphatic carboxylic acids is 2. The molecule has 7 N–H and O–H groups in total. The van der Waals surface area contributed by atoms with Gasteiger partial charge in [-0.1, -0.05) is 6.82 Å². The third-order valence-electron chi connectivity index (χ3n) is 1.45. The Balaban J connectivity index is -0.000000108. The summed E-state index contributed by atoms with van der Waals surface area (Å²) in [5, 5.41) is 40.3. The highest BCUT2D eigenvalue weighted by molar-refractivity contribution is 6.05. The molecule has 0 unspecified atom stereocenters. The Kier molecular flexibility index (Phi) is 30.7. The topological polar surface area (TPSA) is 167 Å². The summed E-state index contributed by atoms with van der Waals surface area (Å²) < 4.78 is 0. The van der Waals surface area contributed by atoms with Crippen LogP contribution in [0.4, 0.5) is 0 Å². The Bertz CT molecular complexity index is 180. The zero-order valence-electron chi connectivity index (χ0n) is 10.9. The molecule has 0 fully saturated rings. The van der Waals surface area contributed by atoms with Crippen LogP contribution in [0.1, 0.15) is 25.7 Å². The van der Waals surface area contributed by atoms with Crippen LogP contribution in [0.25, 0.3) is 0 Å². The highest BCUT2D eigenvalue weighted by Gasteiger charge is 1.99. The first-order valence-corrected chi connectivity index (χ1v) is 5.35. The van der Waals surface area contributed by atoms with Crippen LogP contribution in [-0.2, 0) is 9.59 Å². The summed E-state index contributed by atoms with van der Waals surface area (Å²) >= 11 is 0. The second-order valence-corrected chi connectivity index (χ2v) is 3.01. The lowest BCUT2D eigenvalue weighted by Crippen LogP contribution is -2.15. The van der Waals surface area contributed by atoms with Crippen LogP contribution in [0.3, 0.4) is 0 Å². The standard InChI is InChI=1S/C6H10O4.C3H8O3.CH3B.H2O/c7-5(8)3-1-2-4-6(9)10;4-1-3(6)2-5;1-2;/h1-4H2,(H,7,8)(H,9,10);3-6H,1-2H2;1H3;1H2. The van der Waals surface area contributed by atoms with Gasteiger partial charge in [-0.15, -0.1) is 0 Å². The predicted octanol–water partition coefficient (Wildman–Crippen LogP) is -1.57. The molecule has 0 heterocycles. The minimum Gasteiger partial charge on any atom is -0.481 e. The predicted molar refractivity (Wildman–Crippen MR) is 69.1 cm³/mol. The monoisotopic (exact) mass is 282 g/mol. The van der Waals surface area contributed by atoms with Gasteiger partial charge in [-0.3, -0.25) is 9.59 Å². The summed E-state index contributed by atoms with van der Waals surface area (Å²) in [6, 6.07) is 0. The quantitative estimate of drug-likeness (QED) is 0.277. The van der Waals surface area contributed by atoms with E-state index in [0.717, 1.165) is 0 Å². The van der Waals surface area contributed by atoms with E-state index in [-0.39, 0.29) is 31.5 Å². The fourth-order valence-corrected chi connectivity index (χ4v) is 0.610. The lowest BCUT2D eigenvalue weighted by atomic mass is 10.2. The zero-order chi connectivity index (χ0) is 15.0. The van der Waals surface area contributed by atoms with Gasteiger partial charge in [0.2, 0.25) is 0 Å². The number of hydrogen-bond acceptors (Lipinski definition) is 5. The van der Waals surface area contributed by atoms with E-state index in [9.17, 15) is 9.59 Å². The summed E-state index contributed by atoms with van der Waals surface area (Å²) in [6.45, 7) is 0.771. The SMILES string of the molecule is O.O=C(O)CCCCC(=O)O.OCC(O)CO.[B]C. The van der Waals surface area contributed by atoms with E-state index in [1.165, 1.54) is 6.82 Å². The molecule has 0 amide bonds. The first kappa shape index (κ1) is 26.4. The van der Waals surface area contributed by atoms with Crippen molar-refractivity contribution in [1.82, 2.24) is 0 Å².